The third-order valence-corrected chi connectivity index (χ3v) is 6.00. The first kappa shape index (κ1) is 20.8. The highest BCUT2D eigenvalue weighted by atomic mass is 16.6. The molecule has 4 rings (SSSR count). The van der Waals surface area contributed by atoms with Gasteiger partial charge in [-0.2, -0.15) is 5.10 Å². The lowest BCUT2D eigenvalue weighted by molar-refractivity contribution is -0.384. The zero-order chi connectivity index (χ0) is 22.0. The van der Waals surface area contributed by atoms with Gasteiger partial charge in [-0.3, -0.25) is 24.5 Å². The second-order valence-corrected chi connectivity index (χ2v) is 7.86. The Bertz CT molecular complexity index is 965. The second kappa shape index (κ2) is 8.75. The van der Waals surface area contributed by atoms with Gasteiger partial charge >= 0.3 is 6.09 Å². The van der Waals surface area contributed by atoms with E-state index in [-0.39, 0.29) is 36.3 Å². The zero-order valence-electron chi connectivity index (χ0n) is 17.3. The molecule has 3 heterocycles. The molecular formula is C21H25N5O5. The summed E-state index contributed by atoms with van der Waals surface area (Å²) in [7, 11) is 0. The summed E-state index contributed by atoms with van der Waals surface area (Å²) in [5, 5.41) is 15.2. The van der Waals surface area contributed by atoms with Crippen LogP contribution in [-0.2, 0) is 16.1 Å². The number of carbonyl (C=O) groups is 2. The van der Waals surface area contributed by atoms with Crippen molar-refractivity contribution in [2.24, 2.45) is 0 Å². The molecule has 0 spiro atoms. The first-order chi connectivity index (χ1) is 15.0. The number of non-ortho nitro benzene ring substituents is 1. The summed E-state index contributed by atoms with van der Waals surface area (Å²) in [5.41, 5.74) is 1.43. The van der Waals surface area contributed by atoms with Gasteiger partial charge in [0.2, 0.25) is 5.91 Å². The van der Waals surface area contributed by atoms with Gasteiger partial charge in [-0.25, -0.2) is 4.79 Å². The summed E-state index contributed by atoms with van der Waals surface area (Å²) < 4.78 is 6.77. The fourth-order valence-electron chi connectivity index (χ4n) is 4.22. The summed E-state index contributed by atoms with van der Waals surface area (Å²) in [4.78, 5) is 38.8. The quantitative estimate of drug-likeness (QED) is 0.518. The Morgan fingerprint density at radius 1 is 1.23 bits per heavy atom. The van der Waals surface area contributed by atoms with Gasteiger partial charge in [0.05, 0.1) is 16.7 Å². The van der Waals surface area contributed by atoms with Crippen LogP contribution in [0.4, 0.5) is 10.5 Å². The Labute approximate surface area is 179 Å². The summed E-state index contributed by atoms with van der Waals surface area (Å²) in [6, 6.07) is 8.18. The molecule has 31 heavy (non-hydrogen) atoms. The topological polar surface area (TPSA) is 111 Å². The molecule has 0 bridgehead atoms. The van der Waals surface area contributed by atoms with Crippen LogP contribution in [0.3, 0.4) is 0 Å². The van der Waals surface area contributed by atoms with Crippen LogP contribution < -0.4 is 0 Å². The fourth-order valence-corrected chi connectivity index (χ4v) is 4.22. The largest absolute Gasteiger partial charge is 0.447 e. The van der Waals surface area contributed by atoms with Gasteiger partial charge in [-0.15, -0.1) is 0 Å². The lowest BCUT2D eigenvalue weighted by Crippen LogP contribution is -2.50. The van der Waals surface area contributed by atoms with Gasteiger partial charge in [0.15, 0.2) is 0 Å². The molecule has 1 aromatic carbocycles. The summed E-state index contributed by atoms with van der Waals surface area (Å²) in [5.74, 6) is -0.0205. The molecule has 1 aromatic heterocycles. The second-order valence-electron chi connectivity index (χ2n) is 7.86. The van der Waals surface area contributed by atoms with Crippen molar-refractivity contribution in [2.45, 2.75) is 44.8 Å². The van der Waals surface area contributed by atoms with Crippen LogP contribution >= 0.6 is 0 Å². The van der Waals surface area contributed by atoms with E-state index >= 15 is 0 Å². The normalized spacial score (nSPS) is 19.5. The Morgan fingerprint density at radius 3 is 2.58 bits per heavy atom. The summed E-state index contributed by atoms with van der Waals surface area (Å²) in [6.45, 7) is 3.82. The minimum Gasteiger partial charge on any atom is -0.447 e. The lowest BCUT2D eigenvalue weighted by atomic mass is 10.0. The van der Waals surface area contributed by atoms with E-state index in [2.05, 4.69) is 5.10 Å². The van der Waals surface area contributed by atoms with Crippen molar-refractivity contribution < 1.29 is 19.2 Å². The van der Waals surface area contributed by atoms with Gasteiger partial charge < -0.3 is 9.64 Å². The molecule has 0 aliphatic carbocycles. The lowest BCUT2D eigenvalue weighted by Gasteiger charge is -2.37. The predicted molar refractivity (Wildman–Crippen MR) is 111 cm³/mol. The number of piperidine rings is 1. The highest BCUT2D eigenvalue weighted by molar-refractivity contribution is 5.76. The van der Waals surface area contributed by atoms with Crippen molar-refractivity contribution in [3.05, 3.63) is 46.6 Å². The van der Waals surface area contributed by atoms with Crippen molar-refractivity contribution in [1.29, 1.82) is 0 Å². The number of nitro groups is 1. The number of hydrogen-bond acceptors (Lipinski definition) is 6. The third kappa shape index (κ3) is 4.37. The van der Waals surface area contributed by atoms with Crippen LogP contribution in [0.2, 0.25) is 0 Å². The van der Waals surface area contributed by atoms with E-state index in [0.717, 1.165) is 24.8 Å². The molecule has 2 aliphatic heterocycles. The molecule has 2 fully saturated rings. The van der Waals surface area contributed by atoms with Crippen molar-refractivity contribution in [3.63, 3.8) is 0 Å². The van der Waals surface area contributed by atoms with Gasteiger partial charge in [0.1, 0.15) is 13.2 Å². The van der Waals surface area contributed by atoms with E-state index in [4.69, 9.17) is 4.74 Å². The van der Waals surface area contributed by atoms with E-state index in [0.29, 0.717) is 25.4 Å². The number of benzene rings is 1. The van der Waals surface area contributed by atoms with Crippen molar-refractivity contribution in [2.75, 3.05) is 19.7 Å². The highest BCUT2D eigenvalue weighted by Gasteiger charge is 2.38. The average molecular weight is 427 g/mol. The van der Waals surface area contributed by atoms with Crippen LogP contribution in [0.15, 0.2) is 36.5 Å². The van der Waals surface area contributed by atoms with E-state index < -0.39 is 4.92 Å². The predicted octanol–water partition coefficient (Wildman–Crippen LogP) is 2.68. The van der Waals surface area contributed by atoms with Crippen molar-refractivity contribution in [1.82, 2.24) is 19.6 Å². The van der Waals surface area contributed by atoms with Crippen LogP contribution in [0.1, 0.15) is 26.2 Å². The molecule has 0 radical (unpaired) electrons. The molecule has 10 heteroatoms. The van der Waals surface area contributed by atoms with Gasteiger partial charge in [0, 0.05) is 43.0 Å². The maximum absolute atomic E-state index is 12.7. The summed E-state index contributed by atoms with van der Waals surface area (Å²) in [6.07, 6.45) is 3.83. The van der Waals surface area contributed by atoms with E-state index in [1.165, 1.54) is 12.1 Å². The van der Waals surface area contributed by atoms with E-state index in [1.807, 2.05) is 16.7 Å². The number of nitro benzene ring substituents is 1. The van der Waals surface area contributed by atoms with Crippen LogP contribution in [-0.4, -0.2) is 68.3 Å². The van der Waals surface area contributed by atoms with Crippen molar-refractivity contribution in [3.8, 4) is 11.3 Å². The maximum atomic E-state index is 12.7. The smallest absolute Gasteiger partial charge is 0.410 e. The van der Waals surface area contributed by atoms with Crippen LogP contribution in [0.5, 0.6) is 0 Å². The monoisotopic (exact) mass is 427 g/mol. The maximum Gasteiger partial charge on any atom is 0.410 e. The van der Waals surface area contributed by atoms with Gasteiger partial charge in [-0.05, 0) is 37.5 Å². The van der Waals surface area contributed by atoms with Gasteiger partial charge in [0.25, 0.3) is 5.69 Å². The third-order valence-electron chi connectivity index (χ3n) is 6.00. The molecule has 2 amide bonds. The molecule has 0 saturated carbocycles. The van der Waals surface area contributed by atoms with E-state index in [9.17, 15) is 19.7 Å². The summed E-state index contributed by atoms with van der Waals surface area (Å²) >= 11 is 0. The number of nitrogens with zero attached hydrogens (tertiary/aromatic N) is 5. The molecule has 1 unspecified atom stereocenters. The van der Waals surface area contributed by atoms with E-state index in [1.54, 1.807) is 29.1 Å². The van der Waals surface area contributed by atoms with Gasteiger partial charge in [-0.1, -0.05) is 6.92 Å². The number of cyclic esters (lactones) is 1. The number of hydrogen-bond donors (Lipinski definition) is 0. The van der Waals surface area contributed by atoms with Crippen molar-refractivity contribution >= 4 is 17.7 Å². The number of ether oxygens (including phenoxy) is 1. The molecule has 2 saturated heterocycles. The SMILES string of the molecule is CCC1COC(=O)N1C1CCN(C(=O)Cn2ccc(-c3ccc([N+](=O)[O-])cc3)n2)CC1. The molecule has 2 aliphatic rings. The highest BCUT2D eigenvalue weighted by Crippen LogP contribution is 2.25. The number of amides is 2. The molecule has 0 N–H and O–H groups in total. The Morgan fingerprint density at radius 2 is 1.94 bits per heavy atom. The zero-order valence-corrected chi connectivity index (χ0v) is 17.3. The number of rotatable bonds is 6. The average Bonchev–Trinajstić information content (AvgIpc) is 3.40. The minimum atomic E-state index is -0.445. The number of likely N-dealkylation sites (tertiary alicyclic amines) is 1. The standard InChI is InChI=1S/C21H25N5O5/c1-2-16-14-31-21(28)25(16)17-7-10-23(11-8-17)20(27)13-24-12-9-19(22-24)15-3-5-18(6-4-15)26(29)30/h3-6,9,12,16-17H,2,7-8,10-11,13-14H2,1H3. The van der Waals surface area contributed by atoms with Crippen LogP contribution in [0, 0.1) is 10.1 Å². The fraction of sp³-hybridized carbons (Fsp3) is 0.476. The molecule has 2 aromatic rings. The first-order valence-electron chi connectivity index (χ1n) is 10.5. The molecule has 10 nitrogen and oxygen atoms in total. The minimum absolute atomic E-state index is 0.0205. The first-order valence-corrected chi connectivity index (χ1v) is 10.5. The Hall–Kier alpha value is -3.43. The Balaban J connectivity index is 1.32. The Kier molecular flexibility index (Phi) is 5.88. The number of aromatic nitrogens is 2. The van der Waals surface area contributed by atoms with Crippen LogP contribution in [0.25, 0.3) is 11.3 Å². The molecule has 1 atom stereocenters. The molecule has 164 valence electrons. The number of carbonyl (C=O) groups excluding carboxylic acids is 2. The molecular weight excluding hydrogens is 402 g/mol.